The summed E-state index contributed by atoms with van der Waals surface area (Å²) in [4.78, 5) is 24.7. The number of benzene rings is 2. The molecule has 2 N–H and O–H groups in total. The minimum atomic E-state index is -0.375. The topological polar surface area (TPSA) is 88.9 Å². The van der Waals surface area contributed by atoms with Gasteiger partial charge in [-0.15, -0.1) is 10.2 Å². The lowest BCUT2D eigenvalue weighted by atomic mass is 10.2. The summed E-state index contributed by atoms with van der Waals surface area (Å²) in [5.74, 6) is 0.106. The molecule has 31 heavy (non-hydrogen) atoms. The zero-order chi connectivity index (χ0) is 22.5. The third-order valence-electron chi connectivity index (χ3n) is 4.24. The van der Waals surface area contributed by atoms with Gasteiger partial charge in [0.05, 0.1) is 27.5 Å². The predicted molar refractivity (Wildman–Crippen MR) is 124 cm³/mol. The molecule has 162 valence electrons. The van der Waals surface area contributed by atoms with Crippen LogP contribution in [0.15, 0.2) is 47.6 Å². The third kappa shape index (κ3) is 5.92. The maximum absolute atomic E-state index is 12.4. The number of carbonyl (C=O) groups excluding carboxylic acids is 2. The van der Waals surface area contributed by atoms with Gasteiger partial charge in [-0.05, 0) is 31.2 Å². The Morgan fingerprint density at radius 3 is 2.39 bits per heavy atom. The van der Waals surface area contributed by atoms with Gasteiger partial charge in [0.15, 0.2) is 11.0 Å². The smallest absolute Gasteiger partial charge is 0.251 e. The van der Waals surface area contributed by atoms with E-state index in [1.165, 1.54) is 23.9 Å². The van der Waals surface area contributed by atoms with Crippen molar-refractivity contribution >= 4 is 64.1 Å². The molecule has 2 aromatic carbocycles. The van der Waals surface area contributed by atoms with E-state index in [9.17, 15) is 9.59 Å². The summed E-state index contributed by atoms with van der Waals surface area (Å²) in [5.41, 5.74) is 0.858. The van der Waals surface area contributed by atoms with E-state index in [-0.39, 0.29) is 33.7 Å². The van der Waals surface area contributed by atoms with Gasteiger partial charge in [-0.2, -0.15) is 0 Å². The summed E-state index contributed by atoms with van der Waals surface area (Å²) in [5, 5.41) is 15.2. The number of aromatic nitrogens is 3. The molecule has 0 saturated carbocycles. The second kappa shape index (κ2) is 10.4. The molecule has 2 amide bonds. The molecule has 0 unspecified atom stereocenters. The minimum absolute atomic E-state index is 0.0615. The van der Waals surface area contributed by atoms with E-state index in [0.29, 0.717) is 27.3 Å². The van der Waals surface area contributed by atoms with Crippen molar-refractivity contribution in [2.24, 2.45) is 7.05 Å². The number of rotatable bonds is 7. The lowest BCUT2D eigenvalue weighted by Gasteiger charge is -2.13. The van der Waals surface area contributed by atoms with Crippen molar-refractivity contribution in [2.75, 3.05) is 11.1 Å². The molecule has 0 radical (unpaired) electrons. The first kappa shape index (κ1) is 23.4. The number of thioether (sulfide) groups is 1. The highest BCUT2D eigenvalue weighted by atomic mass is 35.5. The van der Waals surface area contributed by atoms with Crippen LogP contribution in [0.2, 0.25) is 15.1 Å². The predicted octanol–water partition coefficient (Wildman–Crippen LogP) is 5.00. The normalized spacial score (nSPS) is 11.8. The van der Waals surface area contributed by atoms with E-state index >= 15 is 0 Å². The van der Waals surface area contributed by atoms with Gasteiger partial charge in [0.25, 0.3) is 5.91 Å². The molecule has 0 fully saturated rings. The number of carbonyl (C=O) groups is 2. The standard InChI is InChI=1S/C20H18Cl3N5O2S/c1-11(24-19(30)12-6-4-3-5-7-12)18-26-27-20(28(18)2)31-10-16(29)25-17-14(22)8-13(21)9-15(17)23/h3-9,11H,10H2,1-2H3,(H,24,30)(H,25,29)/t11-/m0/s1. The van der Waals surface area contributed by atoms with Crippen molar-refractivity contribution in [1.29, 1.82) is 0 Å². The van der Waals surface area contributed by atoms with Crippen LogP contribution < -0.4 is 10.6 Å². The fourth-order valence-corrected chi connectivity index (χ4v) is 4.36. The Morgan fingerprint density at radius 1 is 1.10 bits per heavy atom. The molecule has 1 atom stereocenters. The van der Waals surface area contributed by atoms with E-state index in [1.807, 2.05) is 13.0 Å². The van der Waals surface area contributed by atoms with Crippen LogP contribution in [-0.4, -0.2) is 32.3 Å². The third-order valence-corrected chi connectivity index (χ3v) is 6.08. The molecule has 11 heteroatoms. The molecule has 0 aliphatic rings. The Bertz CT molecular complexity index is 1080. The first-order chi connectivity index (χ1) is 14.8. The van der Waals surface area contributed by atoms with Crippen molar-refractivity contribution < 1.29 is 9.59 Å². The van der Waals surface area contributed by atoms with Gasteiger partial charge in [0, 0.05) is 17.6 Å². The molecular formula is C20H18Cl3N5O2S. The highest BCUT2D eigenvalue weighted by molar-refractivity contribution is 7.99. The van der Waals surface area contributed by atoms with Crippen molar-refractivity contribution in [3.05, 3.63) is 68.9 Å². The van der Waals surface area contributed by atoms with Gasteiger partial charge in [-0.3, -0.25) is 9.59 Å². The van der Waals surface area contributed by atoms with Crippen LogP contribution >= 0.6 is 46.6 Å². The van der Waals surface area contributed by atoms with E-state index in [2.05, 4.69) is 20.8 Å². The van der Waals surface area contributed by atoms with E-state index in [1.54, 1.807) is 35.9 Å². The van der Waals surface area contributed by atoms with Crippen molar-refractivity contribution in [2.45, 2.75) is 18.1 Å². The molecule has 3 rings (SSSR count). The molecule has 1 heterocycles. The van der Waals surface area contributed by atoms with Crippen LogP contribution in [0.5, 0.6) is 0 Å². The fourth-order valence-electron chi connectivity index (χ4n) is 2.73. The summed E-state index contributed by atoms with van der Waals surface area (Å²) in [7, 11) is 1.77. The van der Waals surface area contributed by atoms with Gasteiger partial charge in [-0.25, -0.2) is 0 Å². The number of nitrogens with one attached hydrogen (secondary N) is 2. The van der Waals surface area contributed by atoms with Crippen molar-refractivity contribution in [3.8, 4) is 0 Å². The second-order valence-corrected chi connectivity index (χ2v) is 8.74. The second-order valence-electron chi connectivity index (χ2n) is 6.54. The Hall–Kier alpha value is -2.26. The first-order valence-corrected chi connectivity index (χ1v) is 11.2. The zero-order valence-electron chi connectivity index (χ0n) is 16.5. The summed E-state index contributed by atoms with van der Waals surface area (Å²) >= 11 is 19.3. The van der Waals surface area contributed by atoms with E-state index in [0.717, 1.165) is 0 Å². The van der Waals surface area contributed by atoms with E-state index in [4.69, 9.17) is 34.8 Å². The van der Waals surface area contributed by atoms with Crippen molar-refractivity contribution in [3.63, 3.8) is 0 Å². The van der Waals surface area contributed by atoms with Gasteiger partial charge < -0.3 is 15.2 Å². The minimum Gasteiger partial charge on any atom is -0.342 e. The summed E-state index contributed by atoms with van der Waals surface area (Å²) < 4.78 is 1.73. The molecule has 0 spiro atoms. The zero-order valence-corrected chi connectivity index (χ0v) is 19.6. The van der Waals surface area contributed by atoms with Crippen LogP contribution in [0.4, 0.5) is 5.69 Å². The molecule has 0 saturated heterocycles. The van der Waals surface area contributed by atoms with Crippen LogP contribution in [0.25, 0.3) is 0 Å². The van der Waals surface area contributed by atoms with Crippen LogP contribution in [0.3, 0.4) is 0 Å². The Labute approximate surface area is 198 Å². The number of amides is 2. The molecule has 3 aromatic rings. The fraction of sp³-hybridized carbons (Fsp3) is 0.200. The van der Waals surface area contributed by atoms with Crippen LogP contribution in [-0.2, 0) is 11.8 Å². The molecule has 0 bridgehead atoms. The Morgan fingerprint density at radius 2 is 1.74 bits per heavy atom. The molecule has 1 aromatic heterocycles. The lowest BCUT2D eigenvalue weighted by Crippen LogP contribution is -2.28. The number of anilines is 1. The average molecular weight is 499 g/mol. The number of halogens is 3. The summed E-state index contributed by atoms with van der Waals surface area (Å²) in [6, 6.07) is 11.5. The van der Waals surface area contributed by atoms with Gasteiger partial charge in [0.2, 0.25) is 5.91 Å². The van der Waals surface area contributed by atoms with E-state index < -0.39 is 0 Å². The highest BCUT2D eigenvalue weighted by Gasteiger charge is 2.19. The summed E-state index contributed by atoms with van der Waals surface area (Å²) in [6.07, 6.45) is 0. The molecule has 0 aliphatic heterocycles. The summed E-state index contributed by atoms with van der Waals surface area (Å²) in [6.45, 7) is 1.82. The number of hydrogen-bond acceptors (Lipinski definition) is 5. The Kier molecular flexibility index (Phi) is 7.83. The molecule has 7 nitrogen and oxygen atoms in total. The van der Waals surface area contributed by atoms with Gasteiger partial charge >= 0.3 is 0 Å². The SMILES string of the molecule is C[C@H](NC(=O)c1ccccc1)c1nnc(SCC(=O)Nc2c(Cl)cc(Cl)cc2Cl)n1C. The highest BCUT2D eigenvalue weighted by Crippen LogP contribution is 2.33. The Balaban J connectivity index is 1.60. The van der Waals surface area contributed by atoms with Crippen LogP contribution in [0.1, 0.15) is 29.1 Å². The van der Waals surface area contributed by atoms with Crippen molar-refractivity contribution in [1.82, 2.24) is 20.1 Å². The largest absolute Gasteiger partial charge is 0.342 e. The van der Waals surface area contributed by atoms with Gasteiger partial charge in [-0.1, -0.05) is 64.8 Å². The quantitative estimate of drug-likeness (QED) is 0.448. The number of nitrogens with zero attached hydrogens (tertiary/aromatic N) is 3. The molecular weight excluding hydrogens is 481 g/mol. The lowest BCUT2D eigenvalue weighted by molar-refractivity contribution is -0.113. The average Bonchev–Trinajstić information content (AvgIpc) is 3.10. The number of hydrogen-bond donors (Lipinski definition) is 2. The maximum Gasteiger partial charge on any atom is 0.251 e. The monoisotopic (exact) mass is 497 g/mol. The van der Waals surface area contributed by atoms with Crippen LogP contribution in [0, 0.1) is 0 Å². The molecule has 0 aliphatic carbocycles. The van der Waals surface area contributed by atoms with Gasteiger partial charge in [0.1, 0.15) is 0 Å². The maximum atomic E-state index is 12.4. The first-order valence-electron chi connectivity index (χ1n) is 9.08.